The second-order valence-corrected chi connectivity index (χ2v) is 6.08. The van der Waals surface area contributed by atoms with Gasteiger partial charge in [-0.15, -0.1) is 11.8 Å². The van der Waals surface area contributed by atoms with Gasteiger partial charge >= 0.3 is 0 Å². The van der Waals surface area contributed by atoms with Crippen LogP contribution in [0.3, 0.4) is 0 Å². The SMILES string of the molecule is CCCCSC(I)CCC. The van der Waals surface area contributed by atoms with Crippen LogP contribution in [0.1, 0.15) is 39.5 Å². The first-order valence-corrected chi connectivity index (χ1v) is 6.36. The third-order valence-electron chi connectivity index (χ3n) is 1.31. The summed E-state index contributed by atoms with van der Waals surface area (Å²) in [5.74, 6) is 1.35. The highest BCUT2D eigenvalue weighted by molar-refractivity contribution is 14.1. The number of rotatable bonds is 6. The summed E-state index contributed by atoms with van der Waals surface area (Å²) >= 11 is 4.66. The second kappa shape index (κ2) is 8.18. The minimum absolute atomic E-state index is 0.856. The molecule has 1 atom stereocenters. The molecule has 0 heterocycles. The highest BCUT2D eigenvalue weighted by Gasteiger charge is 2.00. The van der Waals surface area contributed by atoms with E-state index in [1.54, 1.807) is 0 Å². The molecule has 0 aromatic rings. The summed E-state index contributed by atoms with van der Waals surface area (Å²) in [6.45, 7) is 4.51. The van der Waals surface area contributed by atoms with Crippen molar-refractivity contribution in [3.05, 3.63) is 0 Å². The normalized spacial score (nSPS) is 13.5. The maximum atomic E-state index is 2.54. The van der Waals surface area contributed by atoms with E-state index in [1.807, 2.05) is 0 Å². The lowest BCUT2D eigenvalue weighted by molar-refractivity contribution is 0.870. The fraction of sp³-hybridized carbons (Fsp3) is 1.00. The molecule has 0 amide bonds. The zero-order chi connectivity index (χ0) is 7.82. The first kappa shape index (κ1) is 11.1. The number of hydrogen-bond acceptors (Lipinski definition) is 1. The maximum absolute atomic E-state index is 2.54. The summed E-state index contributed by atoms with van der Waals surface area (Å²) in [7, 11) is 0. The molecule has 62 valence electrons. The van der Waals surface area contributed by atoms with Crippen LogP contribution in [0.2, 0.25) is 0 Å². The number of unbranched alkanes of at least 4 members (excludes halogenated alkanes) is 1. The lowest BCUT2D eigenvalue weighted by Gasteiger charge is -2.06. The summed E-state index contributed by atoms with van der Waals surface area (Å²) in [4.78, 5) is 0. The average Bonchev–Trinajstić information content (AvgIpc) is 1.89. The molecule has 0 bridgehead atoms. The average molecular weight is 272 g/mol. The van der Waals surface area contributed by atoms with Crippen LogP contribution in [0.15, 0.2) is 0 Å². The van der Waals surface area contributed by atoms with Crippen molar-refractivity contribution in [2.45, 2.75) is 42.8 Å². The van der Waals surface area contributed by atoms with E-state index in [1.165, 1.54) is 31.4 Å². The van der Waals surface area contributed by atoms with Gasteiger partial charge in [-0.3, -0.25) is 0 Å². The minimum atomic E-state index is 0.856. The highest BCUT2D eigenvalue weighted by Crippen LogP contribution is 2.23. The van der Waals surface area contributed by atoms with Crippen LogP contribution in [0.5, 0.6) is 0 Å². The van der Waals surface area contributed by atoms with Gasteiger partial charge in [0.2, 0.25) is 0 Å². The summed E-state index contributed by atoms with van der Waals surface area (Å²) < 4.78 is 0.856. The van der Waals surface area contributed by atoms with Crippen molar-refractivity contribution >= 4 is 34.4 Å². The van der Waals surface area contributed by atoms with E-state index in [9.17, 15) is 0 Å². The van der Waals surface area contributed by atoms with Crippen LogP contribution >= 0.6 is 34.4 Å². The number of alkyl halides is 1. The van der Waals surface area contributed by atoms with Gasteiger partial charge in [-0.1, -0.05) is 49.3 Å². The Morgan fingerprint density at radius 2 is 2.00 bits per heavy atom. The molecule has 0 aliphatic rings. The van der Waals surface area contributed by atoms with E-state index in [4.69, 9.17) is 0 Å². The Morgan fingerprint density at radius 1 is 1.30 bits per heavy atom. The summed E-state index contributed by atoms with van der Waals surface area (Å²) in [6.07, 6.45) is 5.41. The molecule has 0 saturated heterocycles. The van der Waals surface area contributed by atoms with Crippen LogP contribution in [0, 0.1) is 0 Å². The zero-order valence-corrected chi connectivity index (χ0v) is 9.87. The van der Waals surface area contributed by atoms with Crippen molar-refractivity contribution in [1.82, 2.24) is 0 Å². The third kappa shape index (κ3) is 7.19. The van der Waals surface area contributed by atoms with E-state index in [2.05, 4.69) is 48.2 Å². The molecule has 0 aliphatic carbocycles. The fourth-order valence-electron chi connectivity index (χ4n) is 0.666. The van der Waals surface area contributed by atoms with Crippen molar-refractivity contribution in [3.8, 4) is 0 Å². The summed E-state index contributed by atoms with van der Waals surface area (Å²) in [5, 5.41) is 0. The van der Waals surface area contributed by atoms with Gasteiger partial charge in [0, 0.05) is 0 Å². The molecular formula is C8H17IS. The first-order chi connectivity index (χ1) is 4.81. The molecule has 0 aromatic carbocycles. The second-order valence-electron chi connectivity index (χ2n) is 2.42. The van der Waals surface area contributed by atoms with Gasteiger partial charge in [-0.2, -0.15) is 0 Å². The molecular weight excluding hydrogens is 255 g/mol. The van der Waals surface area contributed by atoms with Gasteiger partial charge in [0.25, 0.3) is 0 Å². The first-order valence-electron chi connectivity index (χ1n) is 4.07. The van der Waals surface area contributed by atoms with E-state index in [0.29, 0.717) is 0 Å². The Kier molecular flexibility index (Phi) is 9.06. The lowest BCUT2D eigenvalue weighted by atomic mass is 10.4. The van der Waals surface area contributed by atoms with Gasteiger partial charge < -0.3 is 0 Å². The van der Waals surface area contributed by atoms with Gasteiger partial charge in [-0.05, 0) is 18.6 Å². The Morgan fingerprint density at radius 3 is 2.50 bits per heavy atom. The minimum Gasteiger partial charge on any atom is -0.148 e. The topological polar surface area (TPSA) is 0 Å². The quantitative estimate of drug-likeness (QED) is 0.399. The standard InChI is InChI=1S/C8H17IS/c1-3-5-7-10-8(9)6-4-2/h8H,3-7H2,1-2H3. The Bertz CT molecular complexity index is 66.3. The van der Waals surface area contributed by atoms with Crippen LogP contribution in [0.4, 0.5) is 0 Å². The number of hydrogen-bond donors (Lipinski definition) is 0. The van der Waals surface area contributed by atoms with Crippen LogP contribution < -0.4 is 0 Å². The molecule has 0 fully saturated rings. The molecule has 1 unspecified atom stereocenters. The van der Waals surface area contributed by atoms with Gasteiger partial charge in [0.05, 0.1) is 3.26 Å². The molecule has 0 N–H and O–H groups in total. The molecule has 10 heavy (non-hydrogen) atoms. The Labute approximate surface area is 82.7 Å². The predicted octanol–water partition coefficient (Wildman–Crippen LogP) is 4.08. The van der Waals surface area contributed by atoms with Crippen LogP contribution in [-0.4, -0.2) is 9.01 Å². The Hall–Kier alpha value is 1.08. The van der Waals surface area contributed by atoms with Gasteiger partial charge in [0.1, 0.15) is 0 Å². The van der Waals surface area contributed by atoms with Crippen LogP contribution in [0.25, 0.3) is 0 Å². The van der Waals surface area contributed by atoms with E-state index >= 15 is 0 Å². The molecule has 0 nitrogen and oxygen atoms in total. The van der Waals surface area contributed by atoms with E-state index in [-0.39, 0.29) is 0 Å². The monoisotopic (exact) mass is 272 g/mol. The van der Waals surface area contributed by atoms with E-state index in [0.717, 1.165) is 3.26 Å². The predicted molar refractivity (Wildman–Crippen MR) is 60.1 cm³/mol. The molecule has 0 rings (SSSR count). The Balaban J connectivity index is 2.97. The smallest absolute Gasteiger partial charge is 0.0564 e. The largest absolute Gasteiger partial charge is 0.148 e. The molecule has 0 radical (unpaired) electrons. The molecule has 0 aliphatic heterocycles. The number of thioether (sulfide) groups is 1. The van der Waals surface area contributed by atoms with E-state index < -0.39 is 0 Å². The fourth-order valence-corrected chi connectivity index (χ4v) is 3.16. The maximum Gasteiger partial charge on any atom is 0.0564 e. The molecule has 0 aromatic heterocycles. The van der Waals surface area contributed by atoms with Crippen molar-refractivity contribution < 1.29 is 0 Å². The van der Waals surface area contributed by atoms with Crippen molar-refractivity contribution in [2.24, 2.45) is 0 Å². The highest BCUT2D eigenvalue weighted by atomic mass is 127. The van der Waals surface area contributed by atoms with Crippen molar-refractivity contribution in [2.75, 3.05) is 5.75 Å². The zero-order valence-electron chi connectivity index (χ0n) is 6.90. The molecule has 0 saturated carbocycles. The lowest BCUT2D eigenvalue weighted by Crippen LogP contribution is -1.91. The molecule has 0 spiro atoms. The van der Waals surface area contributed by atoms with Crippen molar-refractivity contribution in [1.29, 1.82) is 0 Å². The van der Waals surface area contributed by atoms with Crippen molar-refractivity contribution in [3.63, 3.8) is 0 Å². The number of halogens is 1. The summed E-state index contributed by atoms with van der Waals surface area (Å²) in [5.41, 5.74) is 0. The third-order valence-corrected chi connectivity index (χ3v) is 4.14. The summed E-state index contributed by atoms with van der Waals surface area (Å²) in [6, 6.07) is 0. The van der Waals surface area contributed by atoms with Crippen LogP contribution in [-0.2, 0) is 0 Å². The van der Waals surface area contributed by atoms with Gasteiger partial charge in [-0.25, -0.2) is 0 Å². The van der Waals surface area contributed by atoms with Gasteiger partial charge in [0.15, 0.2) is 0 Å². The molecule has 2 heteroatoms.